The zero-order valence-corrected chi connectivity index (χ0v) is 6.64. The summed E-state index contributed by atoms with van der Waals surface area (Å²) in [6, 6.07) is 6.86. The molecule has 3 aliphatic rings. The predicted molar refractivity (Wildman–Crippen MR) is 46.6 cm³/mol. The lowest BCUT2D eigenvalue weighted by molar-refractivity contribution is 0.719. The smallest absolute Gasteiger partial charge is 0.0149 e. The van der Waals surface area contributed by atoms with Crippen molar-refractivity contribution in [1.29, 1.82) is 0 Å². The van der Waals surface area contributed by atoms with E-state index in [1.54, 1.807) is 11.1 Å². The van der Waals surface area contributed by atoms with Crippen molar-refractivity contribution in [2.24, 2.45) is 0 Å². The van der Waals surface area contributed by atoms with Crippen LogP contribution in [0, 0.1) is 0 Å². The van der Waals surface area contributed by atoms with Gasteiger partial charge in [-0.05, 0) is 35.4 Å². The first-order valence-electron chi connectivity index (χ1n) is 4.59. The molecule has 0 spiro atoms. The summed E-state index contributed by atoms with van der Waals surface area (Å²) < 4.78 is 0. The fourth-order valence-corrected chi connectivity index (χ4v) is 2.39. The maximum atomic E-state index is 2.38. The monoisotopic (exact) mass is 144 g/mol. The van der Waals surface area contributed by atoms with E-state index in [0.717, 1.165) is 5.92 Å². The van der Waals surface area contributed by atoms with Gasteiger partial charge in [-0.3, -0.25) is 0 Å². The van der Waals surface area contributed by atoms with Crippen LogP contribution >= 0.6 is 0 Å². The Bertz CT molecular complexity index is 293. The van der Waals surface area contributed by atoms with E-state index in [4.69, 9.17) is 0 Å². The molecule has 1 fully saturated rings. The highest BCUT2D eigenvalue weighted by Gasteiger charge is 2.25. The predicted octanol–water partition coefficient (Wildman–Crippen LogP) is 3.32. The molecule has 0 aromatic rings. The number of rotatable bonds is 1. The Morgan fingerprint density at radius 3 is 2.36 bits per heavy atom. The maximum Gasteiger partial charge on any atom is -0.0149 e. The fraction of sp³-hybridized carbons (Fsp3) is 0.455. The van der Waals surface area contributed by atoms with Crippen molar-refractivity contribution < 1.29 is 0 Å². The highest BCUT2D eigenvalue weighted by atomic mass is 14.3. The van der Waals surface area contributed by atoms with Gasteiger partial charge >= 0.3 is 0 Å². The summed E-state index contributed by atoms with van der Waals surface area (Å²) in [5.41, 5.74) is 4.75. The van der Waals surface area contributed by atoms with E-state index in [2.05, 4.69) is 18.2 Å². The molecule has 3 rings (SSSR count). The average Bonchev–Trinajstić information content (AvgIpc) is 2.46. The largest absolute Gasteiger partial charge is 0.0537 e. The van der Waals surface area contributed by atoms with Gasteiger partial charge in [0.15, 0.2) is 0 Å². The molecule has 0 radical (unpaired) electrons. The zero-order valence-electron chi connectivity index (χ0n) is 6.64. The molecule has 0 heterocycles. The van der Waals surface area contributed by atoms with Gasteiger partial charge in [-0.1, -0.05) is 31.0 Å². The maximum absolute atomic E-state index is 2.38. The quantitative estimate of drug-likeness (QED) is 0.576. The second-order valence-electron chi connectivity index (χ2n) is 3.78. The summed E-state index contributed by atoms with van der Waals surface area (Å²) in [6.45, 7) is 0. The number of hydrogen-bond donors (Lipinski definition) is 0. The van der Waals surface area contributed by atoms with Crippen LogP contribution in [0.3, 0.4) is 0 Å². The molecule has 0 N–H and O–H groups in total. The molecule has 0 nitrogen and oxygen atoms in total. The van der Waals surface area contributed by atoms with E-state index < -0.39 is 0 Å². The lowest BCUT2D eigenvalue weighted by Gasteiger charge is -2.25. The average molecular weight is 144 g/mol. The molecule has 11 heavy (non-hydrogen) atoms. The first kappa shape index (κ1) is 5.82. The van der Waals surface area contributed by atoms with Crippen LogP contribution in [0.15, 0.2) is 18.2 Å². The summed E-state index contributed by atoms with van der Waals surface area (Å²) in [7, 11) is 0. The van der Waals surface area contributed by atoms with Crippen molar-refractivity contribution >= 4 is 0 Å². The minimum Gasteiger partial charge on any atom is -0.0537 e. The van der Waals surface area contributed by atoms with Crippen molar-refractivity contribution in [1.82, 2.24) is 0 Å². The standard InChI is InChI=1S/C11H12/c1-2-4-8(3-1)11-7-9-5-6-10(9)11/h5-8H,1-4H2. The first-order valence-corrected chi connectivity index (χ1v) is 4.59. The second kappa shape index (κ2) is 1.88. The van der Waals surface area contributed by atoms with Gasteiger partial charge in [-0.25, -0.2) is 0 Å². The molecule has 0 unspecified atom stereocenters. The minimum absolute atomic E-state index is 0.929. The molecule has 1 saturated carbocycles. The van der Waals surface area contributed by atoms with Gasteiger partial charge in [0, 0.05) is 0 Å². The van der Waals surface area contributed by atoms with Crippen LogP contribution < -0.4 is 0 Å². The minimum atomic E-state index is 0.929. The molecular weight excluding hydrogens is 132 g/mol. The molecule has 0 bridgehead atoms. The van der Waals surface area contributed by atoms with Gasteiger partial charge in [0.25, 0.3) is 0 Å². The third-order valence-corrected chi connectivity index (χ3v) is 3.16. The van der Waals surface area contributed by atoms with Crippen LogP contribution in [0.2, 0.25) is 0 Å². The van der Waals surface area contributed by atoms with Crippen molar-refractivity contribution in [2.45, 2.75) is 31.6 Å². The van der Waals surface area contributed by atoms with Crippen LogP contribution in [0.1, 0.15) is 37.2 Å². The third-order valence-electron chi connectivity index (χ3n) is 3.16. The lowest BCUT2D eigenvalue weighted by Crippen LogP contribution is -2.03. The Kier molecular flexibility index (Phi) is 0.993. The molecule has 0 atom stereocenters. The van der Waals surface area contributed by atoms with E-state index in [-0.39, 0.29) is 0 Å². The summed E-state index contributed by atoms with van der Waals surface area (Å²) in [4.78, 5) is 0. The second-order valence-corrected chi connectivity index (χ2v) is 3.78. The molecule has 0 aliphatic heterocycles. The molecule has 0 amide bonds. The van der Waals surface area contributed by atoms with Gasteiger partial charge < -0.3 is 0 Å². The Labute approximate surface area is 67.2 Å². The van der Waals surface area contributed by atoms with Gasteiger partial charge in [0.1, 0.15) is 0 Å². The van der Waals surface area contributed by atoms with Crippen LogP contribution in [0.4, 0.5) is 0 Å². The normalized spacial score (nSPS) is 20.7. The topological polar surface area (TPSA) is 0 Å². The number of fused-ring (bicyclic) bond motifs is 1. The van der Waals surface area contributed by atoms with E-state index >= 15 is 0 Å². The Morgan fingerprint density at radius 2 is 1.91 bits per heavy atom. The van der Waals surface area contributed by atoms with Crippen molar-refractivity contribution in [3.8, 4) is 11.1 Å². The molecule has 56 valence electrons. The van der Waals surface area contributed by atoms with Crippen LogP contribution in [-0.4, -0.2) is 0 Å². The van der Waals surface area contributed by atoms with E-state index in [1.165, 1.54) is 31.2 Å². The Hall–Kier alpha value is -0.780. The molecule has 0 heteroatoms. The van der Waals surface area contributed by atoms with Crippen LogP contribution in [0.5, 0.6) is 0 Å². The van der Waals surface area contributed by atoms with E-state index in [1.807, 2.05) is 0 Å². The molecular formula is C11H12. The highest BCUT2D eigenvalue weighted by Crippen LogP contribution is 2.46. The summed E-state index contributed by atoms with van der Waals surface area (Å²) in [6.07, 6.45) is 5.79. The Balaban J connectivity index is 1.92. The van der Waals surface area contributed by atoms with Crippen molar-refractivity contribution in [3.63, 3.8) is 0 Å². The van der Waals surface area contributed by atoms with Crippen LogP contribution in [-0.2, 0) is 0 Å². The summed E-state index contributed by atoms with van der Waals surface area (Å²) >= 11 is 0. The van der Waals surface area contributed by atoms with Gasteiger partial charge in [0.2, 0.25) is 0 Å². The first-order chi connectivity index (χ1) is 5.45. The number of hydrogen-bond acceptors (Lipinski definition) is 0. The van der Waals surface area contributed by atoms with Crippen molar-refractivity contribution in [2.75, 3.05) is 0 Å². The molecule has 0 saturated heterocycles. The zero-order chi connectivity index (χ0) is 7.26. The van der Waals surface area contributed by atoms with Gasteiger partial charge in [-0.2, -0.15) is 0 Å². The Morgan fingerprint density at radius 1 is 1.09 bits per heavy atom. The summed E-state index contributed by atoms with van der Waals surface area (Å²) in [5, 5.41) is 0. The van der Waals surface area contributed by atoms with E-state index in [9.17, 15) is 0 Å². The fourth-order valence-electron chi connectivity index (χ4n) is 2.39. The van der Waals surface area contributed by atoms with Crippen LogP contribution in [0.25, 0.3) is 11.1 Å². The highest BCUT2D eigenvalue weighted by molar-refractivity contribution is 5.81. The lowest BCUT2D eigenvalue weighted by atomic mass is 9.79. The molecule has 0 aromatic carbocycles. The third kappa shape index (κ3) is 0.649. The number of benzene rings is 1. The van der Waals surface area contributed by atoms with Crippen molar-refractivity contribution in [3.05, 3.63) is 23.8 Å². The SMILES string of the molecule is c1cc2c(C3CCCC3)cc1-2. The van der Waals surface area contributed by atoms with Gasteiger partial charge in [-0.15, -0.1) is 0 Å². The van der Waals surface area contributed by atoms with Gasteiger partial charge in [0.05, 0.1) is 0 Å². The van der Waals surface area contributed by atoms with E-state index in [0.29, 0.717) is 0 Å². The molecule has 0 aromatic heterocycles. The summed E-state index contributed by atoms with van der Waals surface area (Å²) in [5.74, 6) is 0.929. The molecule has 3 aliphatic carbocycles.